The first-order valence-electron chi connectivity index (χ1n) is 6.06. The fourth-order valence-corrected chi connectivity index (χ4v) is 2.57. The van der Waals surface area contributed by atoms with Crippen LogP contribution < -0.4 is 9.64 Å². The van der Waals surface area contributed by atoms with E-state index in [0.29, 0.717) is 0 Å². The van der Waals surface area contributed by atoms with E-state index in [2.05, 4.69) is 15.9 Å². The van der Waals surface area contributed by atoms with Crippen LogP contribution in [0.25, 0.3) is 0 Å². The van der Waals surface area contributed by atoms with Crippen molar-refractivity contribution in [1.82, 2.24) is 0 Å². The summed E-state index contributed by atoms with van der Waals surface area (Å²) in [4.78, 5) is 1.75. The van der Waals surface area contributed by atoms with Gasteiger partial charge in [0, 0.05) is 23.7 Å². The Balaban J connectivity index is 1.64. The molecule has 88 valence electrons. The minimum Gasteiger partial charge on any atom is -0.493 e. The minimum atomic E-state index is 0.833. The molecule has 0 saturated carbocycles. The maximum atomic E-state index is 5.70. The van der Waals surface area contributed by atoms with Crippen molar-refractivity contribution < 1.29 is 9.64 Å². The lowest BCUT2D eigenvalue weighted by atomic mass is 10.3. The van der Waals surface area contributed by atoms with Crippen LogP contribution in [-0.2, 0) is 0 Å². The molecule has 0 amide bonds. The summed E-state index contributed by atoms with van der Waals surface area (Å²) in [5.41, 5.74) is 0. The molecule has 0 atom stereocenters. The predicted octanol–water partition coefficient (Wildman–Crippen LogP) is 1.90. The fraction of sp³-hybridized carbons (Fsp3) is 0.538. The maximum absolute atomic E-state index is 5.70. The zero-order chi connectivity index (χ0) is 11.2. The van der Waals surface area contributed by atoms with E-state index in [1.54, 1.807) is 4.90 Å². The first kappa shape index (κ1) is 11.9. The third-order valence-corrected chi connectivity index (χ3v) is 3.54. The van der Waals surface area contributed by atoms with Gasteiger partial charge in [-0.1, -0.05) is 22.0 Å². The summed E-state index contributed by atoms with van der Waals surface area (Å²) >= 11 is 3.44. The summed E-state index contributed by atoms with van der Waals surface area (Å²) < 4.78 is 6.78. The van der Waals surface area contributed by atoms with Crippen molar-refractivity contribution in [3.63, 3.8) is 0 Å². The van der Waals surface area contributed by atoms with Gasteiger partial charge in [-0.25, -0.2) is 0 Å². The van der Waals surface area contributed by atoms with Crippen molar-refractivity contribution in [1.29, 1.82) is 0 Å². The largest absolute Gasteiger partial charge is 0.493 e. The molecule has 2 rings (SSSR count). The van der Waals surface area contributed by atoms with Gasteiger partial charge in [-0.05, 0) is 18.2 Å². The molecular formula is C13H19BrNO+. The summed E-state index contributed by atoms with van der Waals surface area (Å²) in [5.74, 6) is 0.964. The number of halogens is 1. The molecule has 1 N–H and O–H groups in total. The zero-order valence-corrected chi connectivity index (χ0v) is 11.1. The predicted molar refractivity (Wildman–Crippen MR) is 69.1 cm³/mol. The van der Waals surface area contributed by atoms with Gasteiger partial charge in [0.1, 0.15) is 5.75 Å². The average Bonchev–Trinajstić information content (AvgIpc) is 2.77. The van der Waals surface area contributed by atoms with E-state index >= 15 is 0 Å². The maximum Gasteiger partial charge on any atom is 0.120 e. The number of ether oxygens (including phenoxy) is 1. The second kappa shape index (κ2) is 6.26. The Hall–Kier alpha value is -0.540. The first-order chi connectivity index (χ1) is 7.84. The van der Waals surface area contributed by atoms with Gasteiger partial charge in [-0.15, -0.1) is 0 Å². The molecule has 1 aromatic carbocycles. The van der Waals surface area contributed by atoms with Crippen molar-refractivity contribution in [3.05, 3.63) is 28.7 Å². The molecule has 0 bridgehead atoms. The van der Waals surface area contributed by atoms with Crippen LogP contribution in [-0.4, -0.2) is 26.2 Å². The van der Waals surface area contributed by atoms with Crippen LogP contribution in [0.5, 0.6) is 5.75 Å². The number of hydrogen-bond acceptors (Lipinski definition) is 1. The lowest BCUT2D eigenvalue weighted by Gasteiger charge is -2.12. The van der Waals surface area contributed by atoms with Crippen molar-refractivity contribution in [3.8, 4) is 5.75 Å². The highest BCUT2D eigenvalue weighted by Crippen LogP contribution is 2.17. The Morgan fingerprint density at radius 2 is 2.06 bits per heavy atom. The highest BCUT2D eigenvalue weighted by Gasteiger charge is 2.13. The summed E-state index contributed by atoms with van der Waals surface area (Å²) in [7, 11) is 0. The van der Waals surface area contributed by atoms with E-state index in [1.165, 1.54) is 32.5 Å². The number of likely N-dealkylation sites (tertiary alicyclic amines) is 1. The molecule has 2 nitrogen and oxygen atoms in total. The third kappa shape index (κ3) is 3.80. The molecule has 0 aliphatic carbocycles. The van der Waals surface area contributed by atoms with Crippen LogP contribution in [0.4, 0.5) is 0 Å². The molecule has 16 heavy (non-hydrogen) atoms. The SMILES string of the molecule is Brc1cccc(OCCC[NH+]2CCCC2)c1. The van der Waals surface area contributed by atoms with E-state index in [9.17, 15) is 0 Å². The highest BCUT2D eigenvalue weighted by molar-refractivity contribution is 9.10. The van der Waals surface area contributed by atoms with Gasteiger partial charge >= 0.3 is 0 Å². The van der Waals surface area contributed by atoms with Crippen LogP contribution in [0.1, 0.15) is 19.3 Å². The topological polar surface area (TPSA) is 13.7 Å². The Morgan fingerprint density at radius 1 is 1.25 bits per heavy atom. The van der Waals surface area contributed by atoms with Gasteiger partial charge in [0.25, 0.3) is 0 Å². The van der Waals surface area contributed by atoms with Gasteiger partial charge in [0.2, 0.25) is 0 Å². The van der Waals surface area contributed by atoms with Crippen LogP contribution in [0.15, 0.2) is 28.7 Å². The Kier molecular flexibility index (Phi) is 4.67. The van der Waals surface area contributed by atoms with Crippen LogP contribution >= 0.6 is 15.9 Å². The van der Waals surface area contributed by atoms with Gasteiger partial charge in [-0.2, -0.15) is 0 Å². The smallest absolute Gasteiger partial charge is 0.120 e. The number of quaternary nitrogens is 1. The van der Waals surface area contributed by atoms with Crippen molar-refractivity contribution >= 4 is 15.9 Å². The number of benzene rings is 1. The molecule has 1 aliphatic rings. The third-order valence-electron chi connectivity index (χ3n) is 3.05. The summed E-state index contributed by atoms with van der Waals surface area (Å²) in [5, 5.41) is 0. The molecule has 1 fully saturated rings. The number of hydrogen-bond donors (Lipinski definition) is 1. The lowest BCUT2D eigenvalue weighted by Crippen LogP contribution is -3.10. The van der Waals surface area contributed by atoms with E-state index in [-0.39, 0.29) is 0 Å². The Morgan fingerprint density at radius 3 is 2.81 bits per heavy atom. The standard InChI is InChI=1S/C13H18BrNO/c14-12-5-3-6-13(11-12)16-10-4-9-15-7-1-2-8-15/h3,5-6,11H,1-2,4,7-10H2/p+1. The van der Waals surface area contributed by atoms with Crippen molar-refractivity contribution in [2.45, 2.75) is 19.3 Å². The summed E-state index contributed by atoms with van der Waals surface area (Å²) in [6, 6.07) is 8.04. The van der Waals surface area contributed by atoms with Crippen molar-refractivity contribution in [2.24, 2.45) is 0 Å². The summed E-state index contributed by atoms with van der Waals surface area (Å²) in [6.45, 7) is 4.81. The summed E-state index contributed by atoms with van der Waals surface area (Å²) in [6.07, 6.45) is 3.96. The van der Waals surface area contributed by atoms with Gasteiger partial charge in [0.05, 0.1) is 26.2 Å². The molecule has 1 aromatic rings. The first-order valence-corrected chi connectivity index (χ1v) is 6.86. The normalized spacial score (nSPS) is 16.6. The van der Waals surface area contributed by atoms with E-state index in [0.717, 1.165) is 23.2 Å². The number of nitrogens with one attached hydrogen (secondary N) is 1. The van der Waals surface area contributed by atoms with Crippen LogP contribution in [0.3, 0.4) is 0 Å². The molecule has 1 aliphatic heterocycles. The van der Waals surface area contributed by atoms with Gasteiger partial charge < -0.3 is 9.64 Å². The minimum absolute atomic E-state index is 0.833. The lowest BCUT2D eigenvalue weighted by molar-refractivity contribution is -0.887. The quantitative estimate of drug-likeness (QED) is 0.816. The fourth-order valence-electron chi connectivity index (χ4n) is 2.19. The molecule has 0 unspecified atom stereocenters. The average molecular weight is 285 g/mol. The van der Waals surface area contributed by atoms with E-state index in [4.69, 9.17) is 4.74 Å². The molecule has 0 aromatic heterocycles. The van der Waals surface area contributed by atoms with Gasteiger partial charge in [0.15, 0.2) is 0 Å². The molecule has 0 radical (unpaired) electrons. The second-order valence-electron chi connectivity index (χ2n) is 4.37. The molecule has 0 spiro atoms. The molecule has 1 heterocycles. The Labute approximate surface area is 106 Å². The van der Waals surface area contributed by atoms with Gasteiger partial charge in [-0.3, -0.25) is 0 Å². The molecule has 3 heteroatoms. The van der Waals surface area contributed by atoms with E-state index in [1.807, 2.05) is 24.3 Å². The highest BCUT2D eigenvalue weighted by atomic mass is 79.9. The van der Waals surface area contributed by atoms with Crippen LogP contribution in [0.2, 0.25) is 0 Å². The number of rotatable bonds is 5. The van der Waals surface area contributed by atoms with E-state index < -0.39 is 0 Å². The zero-order valence-electron chi connectivity index (χ0n) is 9.55. The monoisotopic (exact) mass is 284 g/mol. The van der Waals surface area contributed by atoms with Crippen molar-refractivity contribution in [2.75, 3.05) is 26.2 Å². The second-order valence-corrected chi connectivity index (χ2v) is 5.28. The molecule has 1 saturated heterocycles. The van der Waals surface area contributed by atoms with Crippen LogP contribution in [0, 0.1) is 0 Å². The Bertz CT molecular complexity index is 323. The molecular weight excluding hydrogens is 266 g/mol.